The van der Waals surface area contributed by atoms with E-state index in [0.717, 1.165) is 5.56 Å². The molecule has 60 valence electrons. The van der Waals surface area contributed by atoms with Gasteiger partial charge in [-0.05, 0) is 5.56 Å². The van der Waals surface area contributed by atoms with E-state index >= 15 is 0 Å². The molecule has 12 heavy (non-hydrogen) atoms. The molecule has 3 nitrogen and oxygen atoms in total. The molecule has 0 aromatic heterocycles. The van der Waals surface area contributed by atoms with Crippen molar-refractivity contribution >= 4 is 6.08 Å². The van der Waals surface area contributed by atoms with Crippen molar-refractivity contribution in [2.24, 2.45) is 4.99 Å². The summed E-state index contributed by atoms with van der Waals surface area (Å²) in [5, 5.41) is 0. The van der Waals surface area contributed by atoms with Crippen LogP contribution in [0.15, 0.2) is 35.3 Å². The van der Waals surface area contributed by atoms with E-state index in [1.165, 1.54) is 6.08 Å². The molecule has 1 heterocycles. The maximum absolute atomic E-state index is 9.86. The highest BCUT2D eigenvalue weighted by molar-refractivity contribution is 5.35. The van der Waals surface area contributed by atoms with Crippen molar-refractivity contribution in [3.63, 3.8) is 0 Å². The van der Waals surface area contributed by atoms with E-state index in [0.29, 0.717) is 0 Å². The van der Waals surface area contributed by atoms with Crippen LogP contribution >= 0.6 is 0 Å². The molecule has 2 rings (SSSR count). The summed E-state index contributed by atoms with van der Waals surface area (Å²) < 4.78 is 5.11. The quantitative estimate of drug-likeness (QED) is 0.374. The summed E-state index contributed by atoms with van der Waals surface area (Å²) in [6, 6.07) is 9.69. The van der Waals surface area contributed by atoms with Crippen molar-refractivity contribution in [2.75, 3.05) is 0 Å². The highest BCUT2D eigenvalue weighted by atomic mass is 16.6. The minimum Gasteiger partial charge on any atom is -0.340 e. The molecule has 1 saturated heterocycles. The first-order valence-electron chi connectivity index (χ1n) is 3.69. The molecule has 0 bridgehead atoms. The lowest BCUT2D eigenvalue weighted by Crippen LogP contribution is -1.82. The van der Waals surface area contributed by atoms with Gasteiger partial charge in [-0.3, -0.25) is 0 Å². The predicted octanol–water partition coefficient (Wildman–Crippen LogP) is 1.42. The molecule has 0 amide bonds. The summed E-state index contributed by atoms with van der Waals surface area (Å²) >= 11 is 0. The first kappa shape index (κ1) is 7.22. The number of carbonyl (C=O) groups excluding carboxylic acids is 1. The fourth-order valence-corrected chi connectivity index (χ4v) is 1.14. The van der Waals surface area contributed by atoms with Crippen molar-refractivity contribution in [1.82, 2.24) is 0 Å². The SMILES string of the molecule is O=C=NC1OC1c1ccccc1. The summed E-state index contributed by atoms with van der Waals surface area (Å²) in [6.45, 7) is 0. The minimum absolute atomic E-state index is 0.0346. The average Bonchev–Trinajstić information content (AvgIpc) is 2.87. The Morgan fingerprint density at radius 2 is 2.08 bits per heavy atom. The molecule has 1 aromatic rings. The van der Waals surface area contributed by atoms with E-state index in [-0.39, 0.29) is 12.3 Å². The van der Waals surface area contributed by atoms with Crippen LogP contribution in [0.2, 0.25) is 0 Å². The average molecular weight is 161 g/mol. The molecule has 1 aliphatic rings. The Morgan fingerprint density at radius 1 is 1.33 bits per heavy atom. The second-order valence-electron chi connectivity index (χ2n) is 2.58. The zero-order valence-corrected chi connectivity index (χ0v) is 6.31. The highest BCUT2D eigenvalue weighted by Crippen LogP contribution is 2.38. The van der Waals surface area contributed by atoms with E-state index in [1.807, 2.05) is 30.3 Å². The van der Waals surface area contributed by atoms with Crippen molar-refractivity contribution in [1.29, 1.82) is 0 Å². The number of ether oxygens (including phenoxy) is 1. The lowest BCUT2D eigenvalue weighted by molar-refractivity contribution is 0.377. The Bertz CT molecular complexity index is 317. The zero-order valence-electron chi connectivity index (χ0n) is 6.31. The van der Waals surface area contributed by atoms with Gasteiger partial charge in [0.15, 0.2) is 6.23 Å². The fourth-order valence-electron chi connectivity index (χ4n) is 1.14. The number of hydrogen-bond donors (Lipinski definition) is 0. The van der Waals surface area contributed by atoms with Crippen LogP contribution < -0.4 is 0 Å². The fraction of sp³-hybridized carbons (Fsp3) is 0.222. The number of rotatable bonds is 2. The van der Waals surface area contributed by atoms with E-state index in [4.69, 9.17) is 4.74 Å². The van der Waals surface area contributed by atoms with Crippen molar-refractivity contribution in [2.45, 2.75) is 12.3 Å². The highest BCUT2D eigenvalue weighted by Gasteiger charge is 2.40. The molecular weight excluding hydrogens is 154 g/mol. The largest absolute Gasteiger partial charge is 0.340 e. The van der Waals surface area contributed by atoms with Crippen LogP contribution in [0, 0.1) is 0 Å². The predicted molar refractivity (Wildman–Crippen MR) is 42.2 cm³/mol. The van der Waals surface area contributed by atoms with Gasteiger partial charge in [0, 0.05) is 0 Å². The number of benzene rings is 1. The molecule has 2 unspecified atom stereocenters. The van der Waals surface area contributed by atoms with E-state index < -0.39 is 0 Å². The number of nitrogens with zero attached hydrogens (tertiary/aromatic N) is 1. The van der Waals surface area contributed by atoms with Crippen LogP contribution in [-0.4, -0.2) is 12.3 Å². The van der Waals surface area contributed by atoms with E-state index in [1.54, 1.807) is 0 Å². The summed E-state index contributed by atoms with van der Waals surface area (Å²) in [4.78, 5) is 13.3. The molecule has 1 fully saturated rings. The van der Waals surface area contributed by atoms with E-state index in [2.05, 4.69) is 4.99 Å². The molecule has 3 heteroatoms. The standard InChI is InChI=1S/C9H7NO2/c11-6-10-9-8(12-9)7-4-2-1-3-5-7/h1-5,8-9H. The Balaban J connectivity index is 2.11. The van der Waals surface area contributed by atoms with Crippen molar-refractivity contribution in [3.05, 3.63) is 35.9 Å². The van der Waals surface area contributed by atoms with Crippen molar-refractivity contribution < 1.29 is 9.53 Å². The van der Waals surface area contributed by atoms with Gasteiger partial charge in [0.05, 0.1) is 0 Å². The van der Waals surface area contributed by atoms with Gasteiger partial charge in [0.2, 0.25) is 6.08 Å². The molecule has 0 spiro atoms. The first-order valence-corrected chi connectivity index (χ1v) is 3.69. The number of epoxide rings is 1. The number of aliphatic imine (C=N–C) groups is 1. The smallest absolute Gasteiger partial charge is 0.237 e. The van der Waals surface area contributed by atoms with Crippen LogP contribution in [-0.2, 0) is 9.53 Å². The molecular formula is C9H7NO2. The first-order chi connectivity index (χ1) is 5.92. The van der Waals surface area contributed by atoms with Gasteiger partial charge >= 0.3 is 0 Å². The van der Waals surface area contributed by atoms with Gasteiger partial charge < -0.3 is 4.74 Å². The van der Waals surface area contributed by atoms with Crippen LogP contribution in [0.3, 0.4) is 0 Å². The molecule has 0 N–H and O–H groups in total. The normalized spacial score (nSPS) is 26.0. The monoisotopic (exact) mass is 161 g/mol. The van der Waals surface area contributed by atoms with Gasteiger partial charge in [-0.25, -0.2) is 4.79 Å². The third-order valence-electron chi connectivity index (χ3n) is 1.78. The Labute approximate surface area is 69.7 Å². The molecule has 0 radical (unpaired) electrons. The van der Waals surface area contributed by atoms with Gasteiger partial charge in [-0.15, -0.1) is 0 Å². The molecule has 1 aliphatic heterocycles. The van der Waals surface area contributed by atoms with Gasteiger partial charge in [-0.1, -0.05) is 30.3 Å². The second kappa shape index (κ2) is 2.89. The lowest BCUT2D eigenvalue weighted by atomic mass is 10.1. The van der Waals surface area contributed by atoms with Crippen LogP contribution in [0.4, 0.5) is 0 Å². The Kier molecular flexibility index (Phi) is 1.74. The molecule has 0 aliphatic carbocycles. The maximum Gasteiger partial charge on any atom is 0.237 e. The van der Waals surface area contributed by atoms with Gasteiger partial charge in [0.25, 0.3) is 0 Å². The lowest BCUT2D eigenvalue weighted by Gasteiger charge is -1.90. The van der Waals surface area contributed by atoms with Crippen LogP contribution in [0.1, 0.15) is 11.7 Å². The second-order valence-corrected chi connectivity index (χ2v) is 2.58. The Morgan fingerprint density at radius 3 is 2.75 bits per heavy atom. The maximum atomic E-state index is 9.86. The Hall–Kier alpha value is -1.44. The van der Waals surface area contributed by atoms with Gasteiger partial charge in [-0.2, -0.15) is 4.99 Å². The summed E-state index contributed by atoms with van der Waals surface area (Å²) in [5.41, 5.74) is 1.06. The van der Waals surface area contributed by atoms with Crippen LogP contribution in [0.25, 0.3) is 0 Å². The summed E-state index contributed by atoms with van der Waals surface area (Å²) in [7, 11) is 0. The topological polar surface area (TPSA) is 42.0 Å². The zero-order chi connectivity index (χ0) is 8.39. The molecule has 2 atom stereocenters. The van der Waals surface area contributed by atoms with E-state index in [9.17, 15) is 4.79 Å². The summed E-state index contributed by atoms with van der Waals surface area (Å²) in [6.07, 6.45) is 1.14. The van der Waals surface area contributed by atoms with Crippen LogP contribution in [0.5, 0.6) is 0 Å². The minimum atomic E-state index is -0.301. The molecule has 1 aromatic carbocycles. The third kappa shape index (κ3) is 1.28. The number of isocyanates is 1. The van der Waals surface area contributed by atoms with Gasteiger partial charge in [0.1, 0.15) is 6.10 Å². The summed E-state index contributed by atoms with van der Waals surface area (Å²) in [5.74, 6) is 0. The number of hydrogen-bond acceptors (Lipinski definition) is 3. The third-order valence-corrected chi connectivity index (χ3v) is 1.78. The van der Waals surface area contributed by atoms with Crippen molar-refractivity contribution in [3.8, 4) is 0 Å². The molecule has 0 saturated carbocycles.